The van der Waals surface area contributed by atoms with Gasteiger partial charge < -0.3 is 19.5 Å². The second-order valence-corrected chi connectivity index (χ2v) is 7.17. The van der Waals surface area contributed by atoms with Crippen molar-refractivity contribution in [2.45, 2.75) is 13.0 Å². The first kappa shape index (κ1) is 21.2. The topological polar surface area (TPSA) is 78.9 Å². The molecule has 0 saturated heterocycles. The molecule has 8 nitrogen and oxygen atoms in total. The summed E-state index contributed by atoms with van der Waals surface area (Å²) in [6.45, 7) is 1.34. The van der Waals surface area contributed by atoms with E-state index in [2.05, 4.69) is 15.4 Å². The highest BCUT2D eigenvalue weighted by Crippen LogP contribution is 2.09. The quantitative estimate of drug-likeness (QED) is 0.457. The number of carbonyl (C=O) groups is 1. The molecule has 0 fully saturated rings. The van der Waals surface area contributed by atoms with Gasteiger partial charge in [0.1, 0.15) is 12.3 Å². The Kier molecular flexibility index (Phi) is 7.26. The molecule has 158 valence electrons. The number of hydrogen-bond acceptors (Lipinski definition) is 4. The van der Waals surface area contributed by atoms with E-state index in [9.17, 15) is 4.79 Å². The van der Waals surface area contributed by atoms with E-state index in [4.69, 9.17) is 4.42 Å². The van der Waals surface area contributed by atoms with Gasteiger partial charge in [-0.1, -0.05) is 18.2 Å². The highest BCUT2D eigenvalue weighted by molar-refractivity contribution is 5.84. The number of nitrogens with one attached hydrogen (secondary N) is 1. The Morgan fingerprint density at radius 1 is 1.17 bits per heavy atom. The number of likely N-dealkylation sites (N-methyl/N-ethyl adjacent to an activating group) is 1. The fourth-order valence-electron chi connectivity index (χ4n) is 2.86. The van der Waals surface area contributed by atoms with E-state index in [1.807, 2.05) is 71.5 Å². The van der Waals surface area contributed by atoms with Gasteiger partial charge in [0.15, 0.2) is 5.96 Å². The van der Waals surface area contributed by atoms with Crippen molar-refractivity contribution in [2.75, 3.05) is 34.2 Å². The Labute approximate surface area is 176 Å². The maximum Gasteiger partial charge on any atom is 0.243 e. The molecule has 0 atom stereocenters. The van der Waals surface area contributed by atoms with E-state index in [-0.39, 0.29) is 12.5 Å². The number of aromatic nitrogens is 2. The molecule has 1 N–H and O–H groups in total. The zero-order valence-electron chi connectivity index (χ0n) is 17.7. The summed E-state index contributed by atoms with van der Waals surface area (Å²) in [5.41, 5.74) is 2.05. The maximum absolute atomic E-state index is 12.0. The van der Waals surface area contributed by atoms with Gasteiger partial charge in [0.05, 0.1) is 18.1 Å². The van der Waals surface area contributed by atoms with Crippen molar-refractivity contribution in [2.24, 2.45) is 4.99 Å². The highest BCUT2D eigenvalue weighted by atomic mass is 16.3. The number of para-hydroxylation sites is 1. The summed E-state index contributed by atoms with van der Waals surface area (Å²) in [5.74, 6) is 1.51. The lowest BCUT2D eigenvalue weighted by Gasteiger charge is -2.22. The standard InChI is InChI=1S/C22H28N6O2/c1-26(2)21(29)15-24-22(23-12-11-20-10-7-13-30-20)27(3)16-18-14-25-28(17-18)19-8-5-4-6-9-19/h4-10,13-14,17H,11-12,15-16H2,1-3H3,(H,23,24). The van der Waals surface area contributed by atoms with Crippen LogP contribution in [-0.2, 0) is 17.8 Å². The van der Waals surface area contributed by atoms with Gasteiger partial charge in [-0.25, -0.2) is 9.67 Å². The Hall–Kier alpha value is -3.55. The molecule has 0 aliphatic heterocycles. The smallest absolute Gasteiger partial charge is 0.243 e. The summed E-state index contributed by atoms with van der Waals surface area (Å²) < 4.78 is 7.23. The lowest BCUT2D eigenvalue weighted by atomic mass is 10.3. The van der Waals surface area contributed by atoms with Crippen molar-refractivity contribution in [1.29, 1.82) is 0 Å². The Morgan fingerprint density at radius 2 is 1.97 bits per heavy atom. The van der Waals surface area contributed by atoms with E-state index in [0.29, 0.717) is 19.0 Å². The minimum atomic E-state index is -0.0503. The van der Waals surface area contributed by atoms with Crippen LogP contribution in [0.15, 0.2) is 70.5 Å². The maximum atomic E-state index is 12.0. The molecule has 0 unspecified atom stereocenters. The van der Waals surface area contributed by atoms with E-state index in [1.54, 1.807) is 20.4 Å². The van der Waals surface area contributed by atoms with Gasteiger partial charge >= 0.3 is 0 Å². The number of aliphatic imine (C=N–C) groups is 1. The summed E-state index contributed by atoms with van der Waals surface area (Å²) in [5, 5.41) is 7.78. The van der Waals surface area contributed by atoms with Crippen LogP contribution < -0.4 is 5.32 Å². The third-order valence-electron chi connectivity index (χ3n) is 4.54. The van der Waals surface area contributed by atoms with E-state index in [0.717, 1.165) is 23.4 Å². The number of furan rings is 1. The van der Waals surface area contributed by atoms with Gasteiger partial charge in [0.25, 0.3) is 0 Å². The lowest BCUT2D eigenvalue weighted by Crippen LogP contribution is -2.40. The summed E-state index contributed by atoms with van der Waals surface area (Å²) in [6.07, 6.45) is 6.23. The zero-order valence-corrected chi connectivity index (χ0v) is 17.7. The fraction of sp³-hybridized carbons (Fsp3) is 0.318. The molecule has 30 heavy (non-hydrogen) atoms. The third-order valence-corrected chi connectivity index (χ3v) is 4.54. The van der Waals surface area contributed by atoms with Crippen LogP contribution in [0.25, 0.3) is 5.69 Å². The van der Waals surface area contributed by atoms with Gasteiger partial charge in [0, 0.05) is 52.4 Å². The molecule has 2 heterocycles. The summed E-state index contributed by atoms with van der Waals surface area (Å²) in [7, 11) is 5.39. The molecule has 0 spiro atoms. The van der Waals surface area contributed by atoms with Crippen LogP contribution in [0.3, 0.4) is 0 Å². The van der Waals surface area contributed by atoms with Gasteiger partial charge in [0.2, 0.25) is 5.91 Å². The van der Waals surface area contributed by atoms with Crippen LogP contribution in [0.4, 0.5) is 0 Å². The third kappa shape index (κ3) is 5.97. The minimum Gasteiger partial charge on any atom is -0.469 e. The van der Waals surface area contributed by atoms with E-state index >= 15 is 0 Å². The van der Waals surface area contributed by atoms with Crippen LogP contribution in [0.5, 0.6) is 0 Å². The molecule has 2 aromatic heterocycles. The monoisotopic (exact) mass is 408 g/mol. The predicted molar refractivity (Wildman–Crippen MR) is 116 cm³/mol. The minimum absolute atomic E-state index is 0.0503. The number of rotatable bonds is 8. The summed E-state index contributed by atoms with van der Waals surface area (Å²) in [4.78, 5) is 20.0. The lowest BCUT2D eigenvalue weighted by molar-refractivity contribution is -0.127. The number of benzene rings is 1. The Morgan fingerprint density at radius 3 is 2.67 bits per heavy atom. The second kappa shape index (κ2) is 10.3. The van der Waals surface area contributed by atoms with Crippen LogP contribution in [0.2, 0.25) is 0 Å². The van der Waals surface area contributed by atoms with Crippen LogP contribution in [0.1, 0.15) is 11.3 Å². The second-order valence-electron chi connectivity index (χ2n) is 7.17. The van der Waals surface area contributed by atoms with E-state index < -0.39 is 0 Å². The van der Waals surface area contributed by atoms with Crippen molar-refractivity contribution in [3.63, 3.8) is 0 Å². The molecular formula is C22H28N6O2. The SMILES string of the molecule is CN(C)C(=O)CN=C(NCCc1ccco1)N(C)Cc1cnn(-c2ccccc2)c1. The van der Waals surface area contributed by atoms with Gasteiger partial charge in [-0.2, -0.15) is 5.10 Å². The molecule has 3 aromatic rings. The largest absolute Gasteiger partial charge is 0.469 e. The van der Waals surface area contributed by atoms with Crippen molar-refractivity contribution in [3.05, 3.63) is 72.4 Å². The molecule has 0 radical (unpaired) electrons. The molecular weight excluding hydrogens is 380 g/mol. The first-order valence-electron chi connectivity index (χ1n) is 9.84. The number of nitrogens with zero attached hydrogens (tertiary/aromatic N) is 5. The van der Waals surface area contributed by atoms with Crippen molar-refractivity contribution < 1.29 is 9.21 Å². The van der Waals surface area contributed by atoms with Crippen molar-refractivity contribution >= 4 is 11.9 Å². The van der Waals surface area contributed by atoms with Crippen LogP contribution in [0, 0.1) is 0 Å². The molecule has 8 heteroatoms. The molecule has 0 bridgehead atoms. The van der Waals surface area contributed by atoms with E-state index in [1.165, 1.54) is 4.90 Å². The highest BCUT2D eigenvalue weighted by Gasteiger charge is 2.11. The first-order valence-corrected chi connectivity index (χ1v) is 9.84. The fourth-order valence-corrected chi connectivity index (χ4v) is 2.86. The van der Waals surface area contributed by atoms with Gasteiger partial charge in [-0.15, -0.1) is 0 Å². The molecule has 0 saturated carbocycles. The Balaban J connectivity index is 1.65. The van der Waals surface area contributed by atoms with Crippen LogP contribution in [-0.4, -0.2) is 65.7 Å². The predicted octanol–water partition coefficient (Wildman–Crippen LogP) is 2.17. The molecule has 0 aliphatic rings. The summed E-state index contributed by atoms with van der Waals surface area (Å²) in [6, 6.07) is 13.8. The average Bonchev–Trinajstić information content (AvgIpc) is 3.43. The summed E-state index contributed by atoms with van der Waals surface area (Å²) >= 11 is 0. The van der Waals surface area contributed by atoms with Crippen molar-refractivity contribution in [3.8, 4) is 5.69 Å². The number of carbonyl (C=O) groups excluding carboxylic acids is 1. The average molecular weight is 409 g/mol. The first-order chi connectivity index (χ1) is 14.5. The zero-order chi connectivity index (χ0) is 21.3. The number of amides is 1. The normalized spacial score (nSPS) is 11.4. The van der Waals surface area contributed by atoms with Crippen molar-refractivity contribution in [1.82, 2.24) is 24.9 Å². The van der Waals surface area contributed by atoms with Gasteiger partial charge in [-0.3, -0.25) is 4.79 Å². The molecule has 0 aliphatic carbocycles. The van der Waals surface area contributed by atoms with Gasteiger partial charge in [-0.05, 0) is 24.3 Å². The van der Waals surface area contributed by atoms with Crippen LogP contribution >= 0.6 is 0 Å². The molecule has 3 rings (SSSR count). The molecule has 1 aromatic carbocycles. The number of hydrogen-bond donors (Lipinski definition) is 1. The molecule has 1 amide bonds. The Bertz CT molecular complexity index is 947. The number of guanidine groups is 1.